The first-order chi connectivity index (χ1) is 7.36. The molecule has 0 fully saturated rings. The van der Waals surface area contributed by atoms with Crippen molar-refractivity contribution in [3.63, 3.8) is 0 Å². The highest BCUT2D eigenvalue weighted by Crippen LogP contribution is 2.55. The lowest BCUT2D eigenvalue weighted by Gasteiger charge is -2.31. The van der Waals surface area contributed by atoms with Crippen molar-refractivity contribution >= 4 is 7.60 Å². The molecule has 4 N–H and O–H groups in total. The van der Waals surface area contributed by atoms with E-state index in [9.17, 15) is 14.4 Å². The molecule has 0 bridgehead atoms. The van der Waals surface area contributed by atoms with E-state index in [-0.39, 0.29) is 6.42 Å². The molecular formula is C11H18NO3P. The molecule has 0 aliphatic rings. The topological polar surface area (TPSA) is 83.6 Å². The highest BCUT2D eigenvalue weighted by Gasteiger charge is 2.44. The molecule has 1 aromatic rings. The van der Waals surface area contributed by atoms with Crippen LogP contribution in [0.5, 0.6) is 0 Å². The molecular weight excluding hydrogens is 225 g/mol. The van der Waals surface area contributed by atoms with Gasteiger partial charge in [0.05, 0.1) is 0 Å². The van der Waals surface area contributed by atoms with Gasteiger partial charge in [-0.3, -0.25) is 4.57 Å². The standard InChI is InChI=1S/C11H18NO3P/c1-3-9-7-5-6-8-10(9)11(12,4-2)16(13,14)15/h5-8H,3-4,12H2,1-2H3,(H2,13,14,15). The Bertz CT molecular complexity index is 415. The minimum absolute atomic E-state index is 0.203. The summed E-state index contributed by atoms with van der Waals surface area (Å²) in [5, 5.41) is -1.57. The molecule has 1 unspecified atom stereocenters. The van der Waals surface area contributed by atoms with Gasteiger partial charge in [0.15, 0.2) is 0 Å². The van der Waals surface area contributed by atoms with Crippen LogP contribution in [0.1, 0.15) is 31.4 Å². The van der Waals surface area contributed by atoms with Crippen LogP contribution in [-0.4, -0.2) is 9.79 Å². The Morgan fingerprint density at radius 2 is 1.88 bits per heavy atom. The van der Waals surface area contributed by atoms with Gasteiger partial charge in [0, 0.05) is 0 Å². The average Bonchev–Trinajstić information content (AvgIpc) is 2.26. The Hall–Kier alpha value is -0.670. The second-order valence-corrected chi connectivity index (χ2v) is 5.72. The molecule has 16 heavy (non-hydrogen) atoms. The van der Waals surface area contributed by atoms with Crippen molar-refractivity contribution in [3.8, 4) is 0 Å². The van der Waals surface area contributed by atoms with E-state index in [1.54, 1.807) is 19.1 Å². The first kappa shape index (κ1) is 13.4. The number of aryl methyl sites for hydroxylation is 1. The van der Waals surface area contributed by atoms with Gasteiger partial charge in [-0.1, -0.05) is 38.1 Å². The minimum Gasteiger partial charge on any atom is -0.323 e. The fourth-order valence-electron chi connectivity index (χ4n) is 1.80. The van der Waals surface area contributed by atoms with Crippen LogP contribution in [0.3, 0.4) is 0 Å². The lowest BCUT2D eigenvalue weighted by Crippen LogP contribution is -2.36. The summed E-state index contributed by atoms with van der Waals surface area (Å²) in [6, 6.07) is 7.14. The van der Waals surface area contributed by atoms with Crippen LogP contribution in [0.4, 0.5) is 0 Å². The first-order valence-electron chi connectivity index (χ1n) is 5.29. The lowest BCUT2D eigenvalue weighted by atomic mass is 9.97. The van der Waals surface area contributed by atoms with Crippen LogP contribution in [0.25, 0.3) is 0 Å². The molecule has 90 valence electrons. The monoisotopic (exact) mass is 243 g/mol. The van der Waals surface area contributed by atoms with E-state index in [1.807, 2.05) is 19.1 Å². The van der Waals surface area contributed by atoms with Gasteiger partial charge < -0.3 is 15.5 Å². The van der Waals surface area contributed by atoms with Crippen molar-refractivity contribution in [3.05, 3.63) is 35.4 Å². The van der Waals surface area contributed by atoms with Crippen LogP contribution >= 0.6 is 7.60 Å². The fraction of sp³-hybridized carbons (Fsp3) is 0.455. The minimum atomic E-state index is -4.37. The zero-order chi connectivity index (χ0) is 12.4. The molecule has 1 rings (SSSR count). The molecule has 0 spiro atoms. The summed E-state index contributed by atoms with van der Waals surface area (Å²) in [5.41, 5.74) is 7.34. The molecule has 0 saturated carbocycles. The fourth-order valence-corrected chi connectivity index (χ4v) is 2.75. The summed E-state index contributed by atoms with van der Waals surface area (Å²) in [7, 11) is -4.37. The van der Waals surface area contributed by atoms with Gasteiger partial charge in [-0.2, -0.15) is 0 Å². The Kier molecular flexibility index (Phi) is 3.92. The summed E-state index contributed by atoms with van der Waals surface area (Å²) in [6.07, 6.45) is 0.906. The van der Waals surface area contributed by atoms with Gasteiger partial charge in [0.25, 0.3) is 0 Å². The lowest BCUT2D eigenvalue weighted by molar-refractivity contribution is 0.321. The van der Waals surface area contributed by atoms with E-state index in [4.69, 9.17) is 5.73 Å². The highest BCUT2D eigenvalue weighted by molar-refractivity contribution is 7.53. The van der Waals surface area contributed by atoms with Crippen molar-refractivity contribution in [2.24, 2.45) is 5.73 Å². The SMILES string of the molecule is CCc1ccccc1C(N)(CC)P(=O)(O)O. The molecule has 0 amide bonds. The zero-order valence-corrected chi connectivity index (χ0v) is 10.4. The molecule has 0 saturated heterocycles. The van der Waals surface area contributed by atoms with Gasteiger partial charge in [-0.25, -0.2) is 0 Å². The summed E-state index contributed by atoms with van der Waals surface area (Å²) in [4.78, 5) is 18.8. The highest BCUT2D eigenvalue weighted by atomic mass is 31.2. The summed E-state index contributed by atoms with van der Waals surface area (Å²) < 4.78 is 11.5. The van der Waals surface area contributed by atoms with Crippen molar-refractivity contribution in [1.82, 2.24) is 0 Å². The maximum Gasteiger partial charge on any atom is 0.349 e. The summed E-state index contributed by atoms with van der Waals surface area (Å²) in [6.45, 7) is 3.63. The molecule has 1 aromatic carbocycles. The van der Waals surface area contributed by atoms with E-state index in [0.29, 0.717) is 12.0 Å². The third-order valence-electron chi connectivity index (χ3n) is 2.92. The van der Waals surface area contributed by atoms with Crippen LogP contribution in [-0.2, 0) is 16.3 Å². The largest absolute Gasteiger partial charge is 0.349 e. The van der Waals surface area contributed by atoms with Crippen molar-refractivity contribution in [2.75, 3.05) is 0 Å². The van der Waals surface area contributed by atoms with Crippen molar-refractivity contribution < 1.29 is 14.4 Å². The van der Waals surface area contributed by atoms with E-state index in [2.05, 4.69) is 0 Å². The average molecular weight is 243 g/mol. The maximum absolute atomic E-state index is 11.5. The number of hydrogen-bond acceptors (Lipinski definition) is 2. The summed E-state index contributed by atoms with van der Waals surface area (Å²) >= 11 is 0. The predicted molar refractivity (Wildman–Crippen MR) is 64.0 cm³/mol. The zero-order valence-electron chi connectivity index (χ0n) is 9.55. The van der Waals surface area contributed by atoms with Crippen LogP contribution in [0.15, 0.2) is 24.3 Å². The quantitative estimate of drug-likeness (QED) is 0.706. The van der Waals surface area contributed by atoms with E-state index in [0.717, 1.165) is 5.56 Å². The Balaban J connectivity index is 3.39. The predicted octanol–water partition coefficient (Wildman–Crippen LogP) is 1.95. The van der Waals surface area contributed by atoms with Crippen molar-refractivity contribution in [2.45, 2.75) is 32.0 Å². The molecule has 0 aromatic heterocycles. The molecule has 0 aliphatic heterocycles. The van der Waals surface area contributed by atoms with E-state index in [1.165, 1.54) is 0 Å². The van der Waals surface area contributed by atoms with Crippen LogP contribution in [0.2, 0.25) is 0 Å². The summed E-state index contributed by atoms with van der Waals surface area (Å²) in [5.74, 6) is 0. The number of rotatable bonds is 4. The molecule has 0 radical (unpaired) electrons. The van der Waals surface area contributed by atoms with Gasteiger partial charge in [0.1, 0.15) is 5.28 Å². The number of hydrogen-bond donors (Lipinski definition) is 3. The van der Waals surface area contributed by atoms with E-state index >= 15 is 0 Å². The molecule has 5 heteroatoms. The Morgan fingerprint density at radius 1 is 1.31 bits per heavy atom. The van der Waals surface area contributed by atoms with Gasteiger partial charge in [-0.05, 0) is 24.0 Å². The number of benzene rings is 1. The van der Waals surface area contributed by atoms with Crippen LogP contribution in [0, 0.1) is 0 Å². The molecule has 1 atom stereocenters. The van der Waals surface area contributed by atoms with Gasteiger partial charge >= 0.3 is 7.60 Å². The maximum atomic E-state index is 11.5. The molecule has 4 nitrogen and oxygen atoms in total. The van der Waals surface area contributed by atoms with Gasteiger partial charge in [0.2, 0.25) is 0 Å². The molecule has 0 aliphatic carbocycles. The Labute approximate surface area is 95.6 Å². The van der Waals surface area contributed by atoms with Crippen molar-refractivity contribution in [1.29, 1.82) is 0 Å². The second-order valence-electron chi connectivity index (χ2n) is 3.83. The smallest absolute Gasteiger partial charge is 0.323 e. The normalized spacial score (nSPS) is 15.8. The third-order valence-corrected chi connectivity index (χ3v) is 4.52. The Morgan fingerprint density at radius 3 is 2.31 bits per heavy atom. The second kappa shape index (κ2) is 4.68. The molecule has 0 heterocycles. The first-order valence-corrected chi connectivity index (χ1v) is 6.91. The third kappa shape index (κ3) is 2.20. The van der Waals surface area contributed by atoms with Gasteiger partial charge in [-0.15, -0.1) is 0 Å². The van der Waals surface area contributed by atoms with Crippen LogP contribution < -0.4 is 5.73 Å². The van der Waals surface area contributed by atoms with E-state index < -0.39 is 12.9 Å². The number of nitrogens with two attached hydrogens (primary N) is 1.